The molecule has 0 saturated heterocycles. The molecule has 0 aliphatic heterocycles. The van der Waals surface area contributed by atoms with Gasteiger partial charge in [-0.2, -0.15) is 0 Å². The molecule has 1 aliphatic carbocycles. The zero-order chi connectivity index (χ0) is 11.2. The Balaban J connectivity index is 1.73. The maximum Gasteiger partial charge on any atom is 0.230 e. The van der Waals surface area contributed by atoms with Crippen LogP contribution in [0.3, 0.4) is 0 Å². The van der Waals surface area contributed by atoms with E-state index >= 15 is 0 Å². The van der Waals surface area contributed by atoms with Crippen LogP contribution in [0.25, 0.3) is 0 Å². The number of nitrogens with one attached hydrogen (secondary N) is 1. The summed E-state index contributed by atoms with van der Waals surface area (Å²) in [5.41, 5.74) is 0. The van der Waals surface area contributed by atoms with Gasteiger partial charge in [0.05, 0.1) is 6.54 Å². The Morgan fingerprint density at radius 1 is 1.25 bits per heavy atom. The Bertz CT molecular complexity index is 305. The molecule has 90 valence electrons. The summed E-state index contributed by atoms with van der Waals surface area (Å²) in [6, 6.07) is 0. The van der Waals surface area contributed by atoms with E-state index in [9.17, 15) is 0 Å². The number of hydrogen-bond donors (Lipinski definition) is 1. The highest BCUT2D eigenvalue weighted by atomic mass is 16.4. The lowest BCUT2D eigenvalue weighted by Crippen LogP contribution is -2.11. The lowest BCUT2D eigenvalue weighted by Gasteiger charge is -2.04. The van der Waals surface area contributed by atoms with Gasteiger partial charge in [0.25, 0.3) is 0 Å². The van der Waals surface area contributed by atoms with E-state index in [0.29, 0.717) is 12.4 Å². The van der Waals surface area contributed by atoms with Crippen LogP contribution in [-0.2, 0) is 13.0 Å². The molecule has 0 bridgehead atoms. The van der Waals surface area contributed by atoms with E-state index in [-0.39, 0.29) is 0 Å². The summed E-state index contributed by atoms with van der Waals surface area (Å²) in [6.07, 6.45) is 7.74. The highest BCUT2D eigenvalue weighted by Gasteiger charge is 2.16. The first kappa shape index (κ1) is 11.6. The van der Waals surface area contributed by atoms with Crippen LogP contribution in [-0.4, -0.2) is 16.7 Å². The molecule has 4 heteroatoms. The van der Waals surface area contributed by atoms with Crippen LogP contribution in [0.5, 0.6) is 0 Å². The van der Waals surface area contributed by atoms with Crippen molar-refractivity contribution >= 4 is 0 Å². The third-order valence-corrected chi connectivity index (χ3v) is 3.28. The molecule has 1 heterocycles. The summed E-state index contributed by atoms with van der Waals surface area (Å²) in [7, 11) is 0. The van der Waals surface area contributed by atoms with E-state index in [1.807, 2.05) is 0 Å². The molecule has 0 aromatic carbocycles. The van der Waals surface area contributed by atoms with E-state index in [1.54, 1.807) is 0 Å². The molecule has 1 aromatic heterocycles. The molecule has 1 aliphatic rings. The number of hydrogen-bond acceptors (Lipinski definition) is 4. The van der Waals surface area contributed by atoms with Crippen molar-refractivity contribution in [1.29, 1.82) is 0 Å². The van der Waals surface area contributed by atoms with Crippen molar-refractivity contribution in [3.8, 4) is 0 Å². The summed E-state index contributed by atoms with van der Waals surface area (Å²) in [5.74, 6) is 2.41. The fourth-order valence-electron chi connectivity index (χ4n) is 2.32. The zero-order valence-corrected chi connectivity index (χ0v) is 10.0. The van der Waals surface area contributed by atoms with Gasteiger partial charge in [-0.1, -0.05) is 32.6 Å². The highest BCUT2D eigenvalue weighted by molar-refractivity contribution is 4.83. The minimum absolute atomic E-state index is 0.687. The highest BCUT2D eigenvalue weighted by Crippen LogP contribution is 2.28. The third-order valence-electron chi connectivity index (χ3n) is 3.28. The second-order valence-corrected chi connectivity index (χ2v) is 4.56. The SMILES string of the molecule is CCNCc1nnc(CCC2CCCC2)o1. The molecule has 4 nitrogen and oxygen atoms in total. The van der Waals surface area contributed by atoms with Crippen molar-refractivity contribution < 1.29 is 4.42 Å². The van der Waals surface area contributed by atoms with E-state index in [2.05, 4.69) is 22.4 Å². The van der Waals surface area contributed by atoms with E-state index in [0.717, 1.165) is 24.8 Å². The van der Waals surface area contributed by atoms with E-state index < -0.39 is 0 Å². The van der Waals surface area contributed by atoms with Gasteiger partial charge in [0, 0.05) is 6.42 Å². The molecule has 1 N–H and O–H groups in total. The lowest BCUT2D eigenvalue weighted by molar-refractivity contribution is 0.408. The van der Waals surface area contributed by atoms with Gasteiger partial charge in [0.1, 0.15) is 0 Å². The van der Waals surface area contributed by atoms with Crippen LogP contribution in [0.1, 0.15) is 50.8 Å². The third kappa shape index (κ3) is 3.30. The summed E-state index contributed by atoms with van der Waals surface area (Å²) in [5, 5.41) is 11.3. The van der Waals surface area contributed by atoms with Crippen molar-refractivity contribution in [1.82, 2.24) is 15.5 Å². The van der Waals surface area contributed by atoms with Gasteiger partial charge in [0.15, 0.2) is 0 Å². The first-order valence-electron chi connectivity index (χ1n) is 6.40. The predicted molar refractivity (Wildman–Crippen MR) is 62.0 cm³/mol. The van der Waals surface area contributed by atoms with Gasteiger partial charge in [-0.05, 0) is 18.9 Å². The van der Waals surface area contributed by atoms with Crippen molar-refractivity contribution in [3.63, 3.8) is 0 Å². The minimum atomic E-state index is 0.687. The van der Waals surface area contributed by atoms with E-state index in [4.69, 9.17) is 4.42 Å². The second-order valence-electron chi connectivity index (χ2n) is 4.56. The van der Waals surface area contributed by atoms with Gasteiger partial charge in [-0.3, -0.25) is 0 Å². The van der Waals surface area contributed by atoms with Crippen molar-refractivity contribution in [2.75, 3.05) is 6.54 Å². The van der Waals surface area contributed by atoms with E-state index in [1.165, 1.54) is 32.1 Å². The Hall–Kier alpha value is -0.900. The van der Waals surface area contributed by atoms with Crippen LogP contribution in [0.2, 0.25) is 0 Å². The Labute approximate surface area is 96.8 Å². The van der Waals surface area contributed by atoms with Crippen LogP contribution < -0.4 is 5.32 Å². The molecule has 16 heavy (non-hydrogen) atoms. The quantitative estimate of drug-likeness (QED) is 0.804. The van der Waals surface area contributed by atoms with Gasteiger partial charge in [-0.25, -0.2) is 0 Å². The average Bonchev–Trinajstić information content (AvgIpc) is 2.95. The standard InChI is InChI=1S/C12H21N3O/c1-2-13-9-12-15-14-11(16-12)8-7-10-5-3-4-6-10/h10,13H,2-9H2,1H3. The molecule has 0 atom stereocenters. The van der Waals surface area contributed by atoms with Crippen molar-refractivity contribution in [2.45, 2.75) is 52.0 Å². The van der Waals surface area contributed by atoms with Gasteiger partial charge < -0.3 is 9.73 Å². The summed E-state index contributed by atoms with van der Waals surface area (Å²) in [4.78, 5) is 0. The normalized spacial score (nSPS) is 17.1. The molecule has 0 amide bonds. The maximum atomic E-state index is 5.56. The van der Waals surface area contributed by atoms with Crippen LogP contribution >= 0.6 is 0 Å². The van der Waals surface area contributed by atoms with Gasteiger partial charge in [0.2, 0.25) is 11.8 Å². The summed E-state index contributed by atoms with van der Waals surface area (Å²) in [6.45, 7) is 3.68. The van der Waals surface area contributed by atoms with Crippen LogP contribution in [0.4, 0.5) is 0 Å². The second kappa shape index (κ2) is 5.99. The first-order chi connectivity index (χ1) is 7.88. The molecule has 1 fully saturated rings. The monoisotopic (exact) mass is 223 g/mol. The molecular weight excluding hydrogens is 202 g/mol. The Morgan fingerprint density at radius 3 is 2.75 bits per heavy atom. The molecular formula is C12H21N3O. The van der Waals surface area contributed by atoms with Crippen LogP contribution in [0, 0.1) is 5.92 Å². The number of rotatable bonds is 6. The Kier molecular flexibility index (Phi) is 4.34. The maximum absolute atomic E-state index is 5.56. The fourth-order valence-corrected chi connectivity index (χ4v) is 2.32. The molecule has 1 saturated carbocycles. The smallest absolute Gasteiger partial charge is 0.230 e. The predicted octanol–water partition coefficient (Wildman–Crippen LogP) is 2.30. The van der Waals surface area contributed by atoms with Crippen LogP contribution in [0.15, 0.2) is 4.42 Å². The average molecular weight is 223 g/mol. The van der Waals surface area contributed by atoms with Gasteiger partial charge >= 0.3 is 0 Å². The lowest BCUT2D eigenvalue weighted by atomic mass is 10.0. The molecule has 1 aromatic rings. The molecule has 2 rings (SSSR count). The first-order valence-corrected chi connectivity index (χ1v) is 6.40. The topological polar surface area (TPSA) is 51.0 Å². The molecule has 0 spiro atoms. The largest absolute Gasteiger partial charge is 0.424 e. The summed E-state index contributed by atoms with van der Waals surface area (Å²) >= 11 is 0. The Morgan fingerprint density at radius 2 is 2.00 bits per heavy atom. The van der Waals surface area contributed by atoms with Crippen molar-refractivity contribution in [3.05, 3.63) is 11.8 Å². The number of aromatic nitrogens is 2. The van der Waals surface area contributed by atoms with Gasteiger partial charge in [-0.15, -0.1) is 10.2 Å². The number of nitrogens with zero attached hydrogens (tertiary/aromatic N) is 2. The zero-order valence-electron chi connectivity index (χ0n) is 10.0. The fraction of sp³-hybridized carbons (Fsp3) is 0.833. The molecule has 0 radical (unpaired) electrons. The molecule has 0 unspecified atom stereocenters. The van der Waals surface area contributed by atoms with Crippen molar-refractivity contribution in [2.24, 2.45) is 5.92 Å². The minimum Gasteiger partial charge on any atom is -0.424 e. The summed E-state index contributed by atoms with van der Waals surface area (Å²) < 4.78 is 5.56. The number of aryl methyl sites for hydroxylation is 1.